The molecule has 0 bridgehead atoms. The molecule has 134 valence electrons. The molecule has 1 aliphatic heterocycles. The molecule has 1 unspecified atom stereocenters. The van der Waals surface area contributed by atoms with E-state index in [2.05, 4.69) is 32.3 Å². The number of nitrogens with two attached hydrogens (primary N) is 1. The van der Waals surface area contributed by atoms with E-state index in [1.807, 2.05) is 25.1 Å². The second kappa shape index (κ2) is 8.61. The summed E-state index contributed by atoms with van der Waals surface area (Å²) < 4.78 is 0. The zero-order valence-electron chi connectivity index (χ0n) is 14.7. The molecule has 0 aliphatic carbocycles. The number of aromatic nitrogens is 2. The van der Waals surface area contributed by atoms with Crippen molar-refractivity contribution in [2.75, 3.05) is 25.0 Å². The molecule has 3 rings (SSSR count). The summed E-state index contributed by atoms with van der Waals surface area (Å²) in [4.78, 5) is 11.4. The average molecular weight is 360 g/mol. The number of piperidine rings is 1. The van der Waals surface area contributed by atoms with Gasteiger partial charge in [0, 0.05) is 24.2 Å². The minimum Gasteiger partial charge on any atom is -0.368 e. The van der Waals surface area contributed by atoms with Gasteiger partial charge >= 0.3 is 0 Å². The maximum Gasteiger partial charge on any atom is 0.130 e. The van der Waals surface area contributed by atoms with Crippen molar-refractivity contribution in [3.63, 3.8) is 0 Å². The summed E-state index contributed by atoms with van der Waals surface area (Å²) in [7, 11) is 0. The molecule has 0 radical (unpaired) electrons. The van der Waals surface area contributed by atoms with Gasteiger partial charge in [-0.25, -0.2) is 9.97 Å². The molecule has 1 aromatic heterocycles. The van der Waals surface area contributed by atoms with Crippen molar-refractivity contribution in [3.05, 3.63) is 52.4 Å². The van der Waals surface area contributed by atoms with Gasteiger partial charge in [0.25, 0.3) is 0 Å². The highest BCUT2D eigenvalue weighted by molar-refractivity contribution is 6.30. The van der Waals surface area contributed by atoms with E-state index < -0.39 is 0 Å². The Bertz CT molecular complexity index is 683. The molecule has 1 fully saturated rings. The van der Waals surface area contributed by atoms with Gasteiger partial charge in [-0.2, -0.15) is 0 Å². The number of benzene rings is 1. The summed E-state index contributed by atoms with van der Waals surface area (Å²) >= 11 is 6.07. The maximum atomic E-state index is 6.07. The molecular formula is C19H26ClN5. The number of nitrogens with zero attached hydrogens (tertiary/aromatic N) is 3. The first-order chi connectivity index (χ1) is 12.2. The van der Waals surface area contributed by atoms with Crippen LogP contribution in [-0.2, 0) is 6.54 Å². The Morgan fingerprint density at radius 1 is 1.16 bits per heavy atom. The van der Waals surface area contributed by atoms with Gasteiger partial charge in [0.05, 0.1) is 11.7 Å². The van der Waals surface area contributed by atoms with Gasteiger partial charge in [-0.1, -0.05) is 30.2 Å². The highest BCUT2D eigenvalue weighted by Gasteiger charge is 2.22. The summed E-state index contributed by atoms with van der Waals surface area (Å²) in [5.41, 5.74) is 7.87. The molecule has 1 atom stereocenters. The summed E-state index contributed by atoms with van der Waals surface area (Å²) in [6.07, 6.45) is 3.84. The first kappa shape index (κ1) is 18.1. The van der Waals surface area contributed by atoms with Crippen LogP contribution in [-0.4, -0.2) is 34.5 Å². The van der Waals surface area contributed by atoms with E-state index in [0.717, 1.165) is 42.0 Å². The highest BCUT2D eigenvalue weighted by atomic mass is 35.5. The number of hydrogen-bond acceptors (Lipinski definition) is 5. The highest BCUT2D eigenvalue weighted by Crippen LogP contribution is 2.26. The van der Waals surface area contributed by atoms with E-state index in [9.17, 15) is 0 Å². The van der Waals surface area contributed by atoms with E-state index in [4.69, 9.17) is 17.3 Å². The van der Waals surface area contributed by atoms with Crippen LogP contribution in [0.15, 0.2) is 30.3 Å². The van der Waals surface area contributed by atoms with Crippen molar-refractivity contribution in [2.45, 2.75) is 38.8 Å². The lowest BCUT2D eigenvalue weighted by Crippen LogP contribution is -2.37. The summed E-state index contributed by atoms with van der Waals surface area (Å²) in [6, 6.07) is 10.4. The molecule has 25 heavy (non-hydrogen) atoms. The lowest BCUT2D eigenvalue weighted by atomic mass is 10.0. The smallest absolute Gasteiger partial charge is 0.130 e. The summed E-state index contributed by atoms with van der Waals surface area (Å²) in [6.45, 7) is 5.37. The van der Waals surface area contributed by atoms with Gasteiger partial charge < -0.3 is 11.1 Å². The SMILES string of the molecule is Cc1nc(CN)cc(NCC(c2ccc(Cl)cc2)N2CCCCC2)n1. The zero-order chi connectivity index (χ0) is 17.6. The van der Waals surface area contributed by atoms with Gasteiger partial charge in [-0.05, 0) is 50.6 Å². The molecule has 0 spiro atoms. The Morgan fingerprint density at radius 3 is 2.56 bits per heavy atom. The van der Waals surface area contributed by atoms with Crippen LogP contribution in [0.25, 0.3) is 0 Å². The topological polar surface area (TPSA) is 67.1 Å². The summed E-state index contributed by atoms with van der Waals surface area (Å²) in [5, 5.41) is 4.26. The molecular weight excluding hydrogens is 334 g/mol. The first-order valence-corrected chi connectivity index (χ1v) is 9.31. The van der Waals surface area contributed by atoms with Crippen LogP contribution in [0, 0.1) is 6.92 Å². The predicted molar refractivity (Wildman–Crippen MR) is 103 cm³/mol. The van der Waals surface area contributed by atoms with Gasteiger partial charge in [0.15, 0.2) is 0 Å². The monoisotopic (exact) mass is 359 g/mol. The molecule has 1 aromatic carbocycles. The molecule has 2 aromatic rings. The van der Waals surface area contributed by atoms with E-state index in [1.54, 1.807) is 0 Å². The quantitative estimate of drug-likeness (QED) is 0.825. The molecule has 1 saturated heterocycles. The molecule has 0 saturated carbocycles. The number of nitrogens with one attached hydrogen (secondary N) is 1. The van der Waals surface area contributed by atoms with Gasteiger partial charge in [-0.3, -0.25) is 4.90 Å². The Kier molecular flexibility index (Phi) is 6.24. The van der Waals surface area contributed by atoms with Crippen molar-refractivity contribution in [1.82, 2.24) is 14.9 Å². The molecule has 2 heterocycles. The van der Waals surface area contributed by atoms with Crippen LogP contribution in [0.1, 0.15) is 42.4 Å². The first-order valence-electron chi connectivity index (χ1n) is 8.94. The maximum absolute atomic E-state index is 6.07. The van der Waals surface area contributed by atoms with Crippen molar-refractivity contribution in [1.29, 1.82) is 0 Å². The number of rotatable bonds is 6. The van der Waals surface area contributed by atoms with Crippen LogP contribution in [0.4, 0.5) is 5.82 Å². The lowest BCUT2D eigenvalue weighted by molar-refractivity contribution is 0.170. The molecule has 1 aliphatic rings. The van der Waals surface area contributed by atoms with Crippen LogP contribution in [0.3, 0.4) is 0 Å². The molecule has 3 N–H and O–H groups in total. The Morgan fingerprint density at radius 2 is 1.88 bits per heavy atom. The minimum absolute atomic E-state index is 0.300. The zero-order valence-corrected chi connectivity index (χ0v) is 15.5. The molecule has 0 amide bonds. The number of anilines is 1. The van der Waals surface area contributed by atoms with Gasteiger partial charge in [0.2, 0.25) is 0 Å². The predicted octanol–water partition coefficient (Wildman–Crippen LogP) is 3.54. The third-order valence-electron chi connectivity index (χ3n) is 4.66. The van der Waals surface area contributed by atoms with Crippen molar-refractivity contribution in [2.24, 2.45) is 5.73 Å². The second-order valence-electron chi connectivity index (χ2n) is 6.54. The van der Waals surface area contributed by atoms with Crippen molar-refractivity contribution < 1.29 is 0 Å². The van der Waals surface area contributed by atoms with E-state index >= 15 is 0 Å². The third kappa shape index (κ3) is 4.91. The average Bonchev–Trinajstić information content (AvgIpc) is 2.64. The summed E-state index contributed by atoms with van der Waals surface area (Å²) in [5.74, 6) is 1.58. The standard InChI is InChI=1S/C19H26ClN5/c1-14-23-17(12-21)11-19(24-14)22-13-18(25-9-3-2-4-10-25)15-5-7-16(20)8-6-15/h5-8,11,18H,2-4,9-10,12-13,21H2,1H3,(H,22,23,24). The van der Waals surface area contributed by atoms with Gasteiger partial charge in [-0.15, -0.1) is 0 Å². The fraction of sp³-hybridized carbons (Fsp3) is 0.474. The number of hydrogen-bond donors (Lipinski definition) is 2. The van der Waals surface area contributed by atoms with Crippen LogP contribution in [0.2, 0.25) is 5.02 Å². The van der Waals surface area contributed by atoms with E-state index in [1.165, 1.54) is 24.8 Å². The van der Waals surface area contributed by atoms with E-state index in [0.29, 0.717) is 12.6 Å². The van der Waals surface area contributed by atoms with Crippen molar-refractivity contribution in [3.8, 4) is 0 Å². The molecule has 5 nitrogen and oxygen atoms in total. The van der Waals surface area contributed by atoms with Crippen molar-refractivity contribution >= 4 is 17.4 Å². The third-order valence-corrected chi connectivity index (χ3v) is 4.91. The van der Waals surface area contributed by atoms with Crippen LogP contribution in [0.5, 0.6) is 0 Å². The van der Waals surface area contributed by atoms with Gasteiger partial charge in [0.1, 0.15) is 11.6 Å². The van der Waals surface area contributed by atoms with Crippen LogP contribution < -0.4 is 11.1 Å². The fourth-order valence-corrected chi connectivity index (χ4v) is 3.52. The Balaban J connectivity index is 1.77. The Labute approximate surface area is 154 Å². The minimum atomic E-state index is 0.300. The lowest BCUT2D eigenvalue weighted by Gasteiger charge is -2.35. The Hall–Kier alpha value is -1.69. The molecule has 6 heteroatoms. The second-order valence-corrected chi connectivity index (χ2v) is 6.98. The number of halogens is 1. The number of likely N-dealkylation sites (tertiary alicyclic amines) is 1. The van der Waals surface area contributed by atoms with E-state index in [-0.39, 0.29) is 0 Å². The number of aryl methyl sites for hydroxylation is 1. The normalized spacial score (nSPS) is 16.6. The largest absolute Gasteiger partial charge is 0.368 e. The van der Waals surface area contributed by atoms with Crippen LogP contribution >= 0.6 is 11.6 Å². The fourth-order valence-electron chi connectivity index (χ4n) is 3.40.